The minimum absolute atomic E-state index is 0.124. The van der Waals surface area contributed by atoms with Crippen molar-refractivity contribution >= 4 is 17.6 Å². The quantitative estimate of drug-likeness (QED) is 0.782. The molecule has 1 unspecified atom stereocenters. The fraction of sp³-hybridized carbons (Fsp3) is 0.500. The maximum atomic E-state index is 13.0. The van der Waals surface area contributed by atoms with Crippen LogP contribution in [-0.4, -0.2) is 30.3 Å². The Morgan fingerprint density at radius 2 is 2.15 bits per heavy atom. The predicted molar refractivity (Wildman–Crippen MR) is 77.5 cm³/mol. The molecule has 112 valence electrons. The molecule has 0 fully saturated rings. The zero-order chi connectivity index (χ0) is 15.3. The Bertz CT molecular complexity index is 480. The molecule has 0 spiro atoms. The summed E-state index contributed by atoms with van der Waals surface area (Å²) >= 11 is 6.03. The molecule has 0 bridgehead atoms. The van der Waals surface area contributed by atoms with Gasteiger partial charge in [0, 0.05) is 17.0 Å². The largest absolute Gasteiger partial charge is 0.394 e. The molecular weight excluding hydrogens is 283 g/mol. The van der Waals surface area contributed by atoms with Crippen LogP contribution in [0.15, 0.2) is 18.2 Å². The van der Waals surface area contributed by atoms with Crippen molar-refractivity contribution in [1.82, 2.24) is 10.6 Å². The van der Waals surface area contributed by atoms with E-state index in [4.69, 9.17) is 16.7 Å². The molecule has 20 heavy (non-hydrogen) atoms. The van der Waals surface area contributed by atoms with Crippen LogP contribution >= 0.6 is 11.6 Å². The molecule has 2 amide bonds. The lowest BCUT2D eigenvalue weighted by atomic mass is 9.84. The van der Waals surface area contributed by atoms with E-state index in [0.29, 0.717) is 11.6 Å². The van der Waals surface area contributed by atoms with Gasteiger partial charge in [-0.3, -0.25) is 0 Å². The van der Waals surface area contributed by atoms with Crippen LogP contribution in [0.25, 0.3) is 0 Å². The molecule has 0 aromatic heterocycles. The first-order valence-corrected chi connectivity index (χ1v) is 6.75. The minimum Gasteiger partial charge on any atom is -0.394 e. The molecule has 0 aliphatic rings. The number of hydrogen-bond donors (Lipinski definition) is 3. The first-order valence-electron chi connectivity index (χ1n) is 6.37. The van der Waals surface area contributed by atoms with E-state index in [2.05, 4.69) is 10.6 Å². The smallest absolute Gasteiger partial charge is 0.315 e. The van der Waals surface area contributed by atoms with Crippen molar-refractivity contribution in [2.75, 3.05) is 13.2 Å². The van der Waals surface area contributed by atoms with Crippen LogP contribution in [0.5, 0.6) is 0 Å². The molecule has 0 saturated heterocycles. The topological polar surface area (TPSA) is 61.4 Å². The highest BCUT2D eigenvalue weighted by Gasteiger charge is 2.24. The summed E-state index contributed by atoms with van der Waals surface area (Å²) in [6.45, 7) is 5.72. The van der Waals surface area contributed by atoms with Crippen LogP contribution in [0.3, 0.4) is 0 Å². The highest BCUT2D eigenvalue weighted by atomic mass is 35.5. The number of hydrogen-bond acceptors (Lipinski definition) is 2. The maximum absolute atomic E-state index is 13.0. The average Bonchev–Trinajstić information content (AvgIpc) is 2.36. The van der Waals surface area contributed by atoms with Gasteiger partial charge in [-0.1, -0.05) is 31.5 Å². The Morgan fingerprint density at radius 3 is 2.70 bits per heavy atom. The van der Waals surface area contributed by atoms with E-state index < -0.39 is 11.2 Å². The number of urea groups is 1. The zero-order valence-electron chi connectivity index (χ0n) is 11.8. The lowest BCUT2D eigenvalue weighted by Gasteiger charge is -2.27. The lowest BCUT2D eigenvalue weighted by Crippen LogP contribution is -2.46. The third-order valence-corrected chi connectivity index (χ3v) is 3.32. The lowest BCUT2D eigenvalue weighted by molar-refractivity contribution is 0.218. The Kier molecular flexibility index (Phi) is 5.77. The van der Waals surface area contributed by atoms with Crippen molar-refractivity contribution in [3.8, 4) is 0 Å². The van der Waals surface area contributed by atoms with Gasteiger partial charge in [-0.05, 0) is 24.6 Å². The highest BCUT2D eigenvalue weighted by Crippen LogP contribution is 2.29. The zero-order valence-corrected chi connectivity index (χ0v) is 12.6. The number of rotatable bonds is 5. The van der Waals surface area contributed by atoms with E-state index in [1.807, 2.05) is 13.8 Å². The summed E-state index contributed by atoms with van der Waals surface area (Å²) in [6.07, 6.45) is 0. The number of halogens is 2. The van der Waals surface area contributed by atoms with Gasteiger partial charge in [-0.25, -0.2) is 9.18 Å². The summed E-state index contributed by atoms with van der Waals surface area (Å²) in [5.74, 6) is -0.392. The Morgan fingerprint density at radius 1 is 1.50 bits per heavy atom. The summed E-state index contributed by atoms with van der Waals surface area (Å²) in [4.78, 5) is 11.6. The van der Waals surface area contributed by atoms with E-state index in [1.165, 1.54) is 12.1 Å². The third-order valence-electron chi connectivity index (χ3n) is 3.00. The van der Waals surface area contributed by atoms with Crippen LogP contribution in [0.1, 0.15) is 26.3 Å². The second kappa shape index (κ2) is 6.90. The van der Waals surface area contributed by atoms with Crippen molar-refractivity contribution in [1.29, 1.82) is 0 Å². The van der Waals surface area contributed by atoms with Gasteiger partial charge in [-0.15, -0.1) is 0 Å². The van der Waals surface area contributed by atoms with Gasteiger partial charge in [0.2, 0.25) is 0 Å². The van der Waals surface area contributed by atoms with E-state index in [1.54, 1.807) is 13.0 Å². The van der Waals surface area contributed by atoms with Gasteiger partial charge in [0.05, 0.1) is 12.6 Å². The van der Waals surface area contributed by atoms with E-state index >= 15 is 0 Å². The summed E-state index contributed by atoms with van der Waals surface area (Å²) in [7, 11) is 0. The van der Waals surface area contributed by atoms with Gasteiger partial charge in [0.15, 0.2) is 0 Å². The second-order valence-electron chi connectivity index (χ2n) is 5.42. The molecule has 1 aromatic rings. The number of benzene rings is 1. The molecule has 3 N–H and O–H groups in total. The summed E-state index contributed by atoms with van der Waals surface area (Å²) in [5, 5.41) is 14.5. The van der Waals surface area contributed by atoms with Crippen molar-refractivity contribution in [3.05, 3.63) is 34.6 Å². The van der Waals surface area contributed by atoms with Gasteiger partial charge in [0.1, 0.15) is 5.82 Å². The molecule has 1 rings (SSSR count). The number of aliphatic hydroxyl groups is 1. The minimum atomic E-state index is -0.440. The Balaban J connectivity index is 2.67. The van der Waals surface area contributed by atoms with Gasteiger partial charge in [0.25, 0.3) is 0 Å². The van der Waals surface area contributed by atoms with Gasteiger partial charge < -0.3 is 15.7 Å². The normalized spacial score (nSPS) is 12.9. The predicted octanol–water partition coefficient (Wildman–Crippen LogP) is 2.44. The molecular formula is C14H20ClFN2O2. The monoisotopic (exact) mass is 302 g/mol. The van der Waals surface area contributed by atoms with Crippen LogP contribution in [0.4, 0.5) is 9.18 Å². The van der Waals surface area contributed by atoms with Crippen LogP contribution in [-0.2, 0) is 5.41 Å². The second-order valence-corrected chi connectivity index (χ2v) is 5.83. The number of nitrogens with one attached hydrogen (secondary N) is 2. The molecule has 0 radical (unpaired) electrons. The summed E-state index contributed by atoms with van der Waals surface area (Å²) in [6, 6.07) is 3.54. The highest BCUT2D eigenvalue weighted by molar-refractivity contribution is 6.31. The first-order chi connectivity index (χ1) is 9.26. The summed E-state index contributed by atoms with van der Waals surface area (Å²) < 4.78 is 13.0. The average molecular weight is 303 g/mol. The standard InChI is InChI=1S/C14H20ClFN2O2/c1-9(7-19)18-13(20)17-8-14(2,3)11-5-4-10(16)6-12(11)15/h4-6,9,19H,7-8H2,1-3H3,(H2,17,18,20). The molecule has 0 aliphatic carbocycles. The number of aliphatic hydroxyl groups excluding tert-OH is 1. The van der Waals surface area contributed by atoms with Crippen molar-refractivity contribution < 1.29 is 14.3 Å². The van der Waals surface area contributed by atoms with Gasteiger partial charge in [-0.2, -0.15) is 0 Å². The third kappa shape index (κ3) is 4.65. The maximum Gasteiger partial charge on any atom is 0.315 e. The van der Waals surface area contributed by atoms with Gasteiger partial charge >= 0.3 is 6.03 Å². The van der Waals surface area contributed by atoms with E-state index in [-0.39, 0.29) is 18.7 Å². The van der Waals surface area contributed by atoms with Crippen molar-refractivity contribution in [3.63, 3.8) is 0 Å². The molecule has 4 nitrogen and oxygen atoms in total. The number of carbonyl (C=O) groups is 1. The Hall–Kier alpha value is -1.33. The van der Waals surface area contributed by atoms with Crippen molar-refractivity contribution in [2.24, 2.45) is 0 Å². The molecule has 1 aromatic carbocycles. The fourth-order valence-corrected chi connectivity index (χ4v) is 2.18. The van der Waals surface area contributed by atoms with Crippen LogP contribution < -0.4 is 10.6 Å². The molecule has 0 aliphatic heterocycles. The van der Waals surface area contributed by atoms with E-state index in [9.17, 15) is 9.18 Å². The SMILES string of the molecule is CC(CO)NC(=O)NCC(C)(C)c1ccc(F)cc1Cl. The molecule has 0 saturated carbocycles. The summed E-state index contributed by atoms with van der Waals surface area (Å²) in [5.41, 5.74) is 0.320. The van der Waals surface area contributed by atoms with Crippen LogP contribution in [0.2, 0.25) is 5.02 Å². The molecule has 6 heteroatoms. The fourth-order valence-electron chi connectivity index (χ4n) is 1.76. The van der Waals surface area contributed by atoms with Crippen molar-refractivity contribution in [2.45, 2.75) is 32.2 Å². The number of amides is 2. The van der Waals surface area contributed by atoms with Crippen LogP contribution in [0, 0.1) is 5.82 Å². The molecule has 1 atom stereocenters. The molecule has 0 heterocycles. The first kappa shape index (κ1) is 16.7. The number of carbonyl (C=O) groups excluding carboxylic acids is 1. The van der Waals surface area contributed by atoms with E-state index in [0.717, 1.165) is 5.56 Å². The Labute approximate surface area is 123 Å².